The molecule has 0 radical (unpaired) electrons. The van der Waals surface area contributed by atoms with Gasteiger partial charge in [-0.1, -0.05) is 36.4 Å². The van der Waals surface area contributed by atoms with Crippen molar-refractivity contribution in [1.82, 2.24) is 0 Å². The molecular formula is C6H12AlCl3Ti. The minimum absolute atomic E-state index is 0. The molecule has 0 N–H and O–H groups in total. The van der Waals surface area contributed by atoms with Crippen molar-refractivity contribution < 1.29 is 21.7 Å². The Morgan fingerprint density at radius 2 is 0.545 bits per heavy atom. The van der Waals surface area contributed by atoms with Gasteiger partial charge in [0.1, 0.15) is 0 Å². The predicted molar refractivity (Wildman–Crippen MR) is 58.1 cm³/mol. The third-order valence-electron chi connectivity index (χ3n) is 0.667. The topological polar surface area (TPSA) is 0 Å². The van der Waals surface area contributed by atoms with E-state index >= 15 is 0 Å². The van der Waals surface area contributed by atoms with Gasteiger partial charge in [-0.15, -0.1) is 37.2 Å². The minimum Gasteiger partial charge on any atom is -0.147 e. The maximum absolute atomic E-state index is 2.00. The van der Waals surface area contributed by atoms with Crippen molar-refractivity contribution >= 4 is 54.6 Å². The van der Waals surface area contributed by atoms with Crippen LogP contribution in [-0.4, -0.2) is 17.4 Å². The van der Waals surface area contributed by atoms with Crippen LogP contribution in [0, 0.1) is 0 Å². The van der Waals surface area contributed by atoms with E-state index in [0.717, 1.165) is 0 Å². The summed E-state index contributed by atoms with van der Waals surface area (Å²) in [5.41, 5.74) is 0. The number of rotatable bonds is 0. The summed E-state index contributed by atoms with van der Waals surface area (Å²) in [4.78, 5) is 0. The van der Waals surface area contributed by atoms with Crippen LogP contribution in [0.1, 0.15) is 0 Å². The first kappa shape index (κ1) is 29.5. The van der Waals surface area contributed by atoms with E-state index in [1.54, 1.807) is 0 Å². The third kappa shape index (κ3) is 18.4. The van der Waals surface area contributed by atoms with Gasteiger partial charge in [0.2, 0.25) is 0 Å². The van der Waals surface area contributed by atoms with Crippen LogP contribution >= 0.6 is 37.2 Å². The van der Waals surface area contributed by atoms with Crippen LogP contribution in [0.2, 0.25) is 0 Å². The summed E-state index contributed by atoms with van der Waals surface area (Å²) in [6.07, 6.45) is 0. The fourth-order valence-electron chi connectivity index (χ4n) is 0.385. The molecule has 1 rings (SSSR count). The SMILES string of the molecule is Cl.Cl.Cl.[AlH3].[Ti].c1ccccc1. The van der Waals surface area contributed by atoms with Crippen molar-refractivity contribution in [3.05, 3.63) is 36.4 Å². The Morgan fingerprint density at radius 3 is 0.636 bits per heavy atom. The van der Waals surface area contributed by atoms with Gasteiger partial charge in [0, 0.05) is 21.7 Å². The number of halogens is 3. The van der Waals surface area contributed by atoms with Crippen LogP contribution in [0.4, 0.5) is 0 Å². The molecule has 11 heavy (non-hydrogen) atoms. The molecule has 0 aliphatic carbocycles. The monoisotopic (exact) mass is 264 g/mol. The molecule has 0 atom stereocenters. The predicted octanol–water partition coefficient (Wildman–Crippen LogP) is 1.77. The fraction of sp³-hybridized carbons (Fsp3) is 0. The maximum Gasteiger partial charge on any atom is 0.187 e. The quantitative estimate of drug-likeness (QED) is 0.627. The number of hydrogen-bond donors (Lipinski definition) is 0. The molecule has 0 aliphatic rings. The van der Waals surface area contributed by atoms with Crippen LogP contribution in [0.3, 0.4) is 0 Å². The van der Waals surface area contributed by atoms with Crippen molar-refractivity contribution in [2.24, 2.45) is 0 Å². The van der Waals surface area contributed by atoms with Crippen molar-refractivity contribution in [1.29, 1.82) is 0 Å². The van der Waals surface area contributed by atoms with E-state index in [-0.39, 0.29) is 76.3 Å². The van der Waals surface area contributed by atoms with Crippen molar-refractivity contribution in [2.75, 3.05) is 0 Å². The maximum atomic E-state index is 2.00. The summed E-state index contributed by atoms with van der Waals surface area (Å²) in [5, 5.41) is 0. The molecule has 5 heteroatoms. The first-order valence-corrected chi connectivity index (χ1v) is 2.00. The average molecular weight is 265 g/mol. The largest absolute Gasteiger partial charge is 0.187 e. The van der Waals surface area contributed by atoms with Crippen LogP contribution in [0.5, 0.6) is 0 Å². The summed E-state index contributed by atoms with van der Waals surface area (Å²) in [5.74, 6) is 0. The Morgan fingerprint density at radius 1 is 0.455 bits per heavy atom. The summed E-state index contributed by atoms with van der Waals surface area (Å²) < 4.78 is 0. The second-order valence-electron chi connectivity index (χ2n) is 1.15. The van der Waals surface area contributed by atoms with Crippen LogP contribution in [0.15, 0.2) is 36.4 Å². The second-order valence-corrected chi connectivity index (χ2v) is 1.15. The Kier molecular flexibility index (Phi) is 60.3. The third-order valence-corrected chi connectivity index (χ3v) is 0.667. The molecular weight excluding hydrogens is 253 g/mol. The van der Waals surface area contributed by atoms with E-state index < -0.39 is 0 Å². The normalized spacial score (nSPS) is 4.36. The van der Waals surface area contributed by atoms with Crippen molar-refractivity contribution in [3.63, 3.8) is 0 Å². The zero-order chi connectivity index (χ0) is 4.24. The van der Waals surface area contributed by atoms with Gasteiger partial charge in [0.15, 0.2) is 17.4 Å². The Bertz CT molecular complexity index is 89.8. The van der Waals surface area contributed by atoms with Gasteiger partial charge in [-0.05, 0) is 0 Å². The van der Waals surface area contributed by atoms with Crippen molar-refractivity contribution in [3.8, 4) is 0 Å². The Balaban J connectivity index is -0.0000000240. The van der Waals surface area contributed by atoms with Crippen LogP contribution < -0.4 is 0 Å². The molecule has 0 unspecified atom stereocenters. The smallest absolute Gasteiger partial charge is 0.147 e. The second kappa shape index (κ2) is 22.5. The standard InChI is InChI=1S/C6H6.Al.3ClH.Ti.3H/c1-2-4-6-5-3-1;;;;;;;;/h1-6H;;3*1H;;;;. The van der Waals surface area contributed by atoms with Gasteiger partial charge in [0.05, 0.1) is 0 Å². The first-order valence-electron chi connectivity index (χ1n) is 2.00. The van der Waals surface area contributed by atoms with Crippen LogP contribution in [-0.2, 0) is 21.7 Å². The molecule has 0 aromatic heterocycles. The molecule has 0 spiro atoms. The van der Waals surface area contributed by atoms with E-state index in [1.165, 1.54) is 0 Å². The van der Waals surface area contributed by atoms with Gasteiger partial charge in [0.25, 0.3) is 0 Å². The molecule has 0 saturated carbocycles. The molecule has 0 heterocycles. The van der Waals surface area contributed by atoms with Gasteiger partial charge in [-0.2, -0.15) is 0 Å². The molecule has 0 amide bonds. The molecule has 1 aromatic rings. The van der Waals surface area contributed by atoms with E-state index in [0.29, 0.717) is 0 Å². The molecule has 0 fully saturated rings. The summed E-state index contributed by atoms with van der Waals surface area (Å²) >= 11 is 0. The molecule has 64 valence electrons. The fourth-order valence-corrected chi connectivity index (χ4v) is 0.385. The first-order chi connectivity index (χ1) is 3.00. The summed E-state index contributed by atoms with van der Waals surface area (Å²) in [6.45, 7) is 0. The molecule has 1 aromatic carbocycles. The zero-order valence-electron chi connectivity index (χ0n) is 5.19. The van der Waals surface area contributed by atoms with E-state index in [9.17, 15) is 0 Å². The van der Waals surface area contributed by atoms with E-state index in [1.807, 2.05) is 36.4 Å². The molecule has 0 aliphatic heterocycles. The zero-order valence-corrected chi connectivity index (χ0v) is 9.20. The van der Waals surface area contributed by atoms with Gasteiger partial charge in [-0.25, -0.2) is 0 Å². The summed E-state index contributed by atoms with van der Waals surface area (Å²) in [7, 11) is 0. The van der Waals surface area contributed by atoms with E-state index in [2.05, 4.69) is 0 Å². The molecule has 0 nitrogen and oxygen atoms in total. The van der Waals surface area contributed by atoms with Crippen molar-refractivity contribution in [2.45, 2.75) is 0 Å². The number of hydrogen-bond acceptors (Lipinski definition) is 0. The number of benzene rings is 1. The summed E-state index contributed by atoms with van der Waals surface area (Å²) in [6, 6.07) is 12.0. The Hall–Kier alpha value is 1.34. The molecule has 0 saturated heterocycles. The van der Waals surface area contributed by atoms with E-state index in [4.69, 9.17) is 0 Å². The average Bonchev–Trinajstić information content (AvgIpc) is 1.72. The van der Waals surface area contributed by atoms with Gasteiger partial charge in [-0.3, -0.25) is 0 Å². The Labute approximate surface area is 112 Å². The molecule has 0 bridgehead atoms. The van der Waals surface area contributed by atoms with Crippen LogP contribution in [0.25, 0.3) is 0 Å². The minimum atomic E-state index is 0. The van der Waals surface area contributed by atoms with Gasteiger partial charge >= 0.3 is 0 Å². The van der Waals surface area contributed by atoms with Gasteiger partial charge < -0.3 is 0 Å².